The van der Waals surface area contributed by atoms with Gasteiger partial charge in [-0.05, 0) is 11.6 Å². The minimum atomic E-state index is -0.266. The van der Waals surface area contributed by atoms with E-state index >= 15 is 0 Å². The van der Waals surface area contributed by atoms with E-state index in [0.717, 1.165) is 25.3 Å². The number of rotatable bonds is 3. The molecule has 1 saturated heterocycles. The van der Waals surface area contributed by atoms with Crippen LogP contribution in [0.2, 0.25) is 0 Å². The minimum Gasteiger partial charge on any atom is -0.488 e. The summed E-state index contributed by atoms with van der Waals surface area (Å²) in [6, 6.07) is 8.19. The van der Waals surface area contributed by atoms with Gasteiger partial charge < -0.3 is 15.2 Å². The van der Waals surface area contributed by atoms with Crippen molar-refractivity contribution in [3.05, 3.63) is 29.8 Å². The number of morpholine rings is 1. The lowest BCUT2D eigenvalue weighted by atomic mass is 10.1. The molecule has 0 radical (unpaired) electrons. The third-order valence-corrected chi connectivity index (χ3v) is 3.67. The van der Waals surface area contributed by atoms with Crippen LogP contribution in [0.3, 0.4) is 0 Å². The molecule has 2 unspecified atom stereocenters. The number of nitrogens with zero attached hydrogens (tertiary/aromatic N) is 1. The van der Waals surface area contributed by atoms with Crippen molar-refractivity contribution in [3.63, 3.8) is 0 Å². The Labute approximate surface area is 112 Å². The topological polar surface area (TPSA) is 71.6 Å². The second-order valence-corrected chi connectivity index (χ2v) is 5.13. The van der Waals surface area contributed by atoms with Crippen LogP contribution in [0.4, 0.5) is 0 Å². The van der Waals surface area contributed by atoms with Crippen molar-refractivity contribution < 1.29 is 9.47 Å². The SMILES string of the molecule is N=C(N)C1CN(CC2Cc3ccccc3O2)CCO1. The van der Waals surface area contributed by atoms with Crippen LogP contribution in [-0.4, -0.2) is 49.2 Å². The Morgan fingerprint density at radius 2 is 2.26 bits per heavy atom. The lowest BCUT2D eigenvalue weighted by Gasteiger charge is -2.33. The maximum absolute atomic E-state index is 7.46. The number of ether oxygens (including phenoxy) is 2. The zero-order valence-corrected chi connectivity index (χ0v) is 10.8. The third kappa shape index (κ3) is 2.72. The normalized spacial score (nSPS) is 26.7. The highest BCUT2D eigenvalue weighted by atomic mass is 16.5. The van der Waals surface area contributed by atoms with Gasteiger partial charge in [0.2, 0.25) is 0 Å². The van der Waals surface area contributed by atoms with E-state index in [0.29, 0.717) is 13.2 Å². The molecule has 2 aliphatic heterocycles. The van der Waals surface area contributed by atoms with Crippen LogP contribution in [0.5, 0.6) is 5.75 Å². The highest BCUT2D eigenvalue weighted by Crippen LogP contribution is 2.28. The minimum absolute atomic E-state index is 0.111. The van der Waals surface area contributed by atoms with Gasteiger partial charge in [0.25, 0.3) is 0 Å². The van der Waals surface area contributed by atoms with Gasteiger partial charge >= 0.3 is 0 Å². The molecule has 1 aromatic carbocycles. The average molecular weight is 261 g/mol. The van der Waals surface area contributed by atoms with Crippen LogP contribution in [0, 0.1) is 5.41 Å². The van der Waals surface area contributed by atoms with Gasteiger partial charge in [-0.1, -0.05) is 18.2 Å². The monoisotopic (exact) mass is 261 g/mol. The van der Waals surface area contributed by atoms with E-state index in [-0.39, 0.29) is 18.0 Å². The summed E-state index contributed by atoms with van der Waals surface area (Å²) < 4.78 is 11.4. The van der Waals surface area contributed by atoms with Crippen molar-refractivity contribution in [2.24, 2.45) is 5.73 Å². The molecular formula is C14H19N3O2. The van der Waals surface area contributed by atoms with Gasteiger partial charge in [-0.3, -0.25) is 10.3 Å². The van der Waals surface area contributed by atoms with Crippen molar-refractivity contribution in [1.82, 2.24) is 4.90 Å². The highest BCUT2D eigenvalue weighted by molar-refractivity contribution is 5.82. The molecule has 0 bridgehead atoms. The maximum Gasteiger partial charge on any atom is 0.127 e. The summed E-state index contributed by atoms with van der Waals surface area (Å²) in [6.45, 7) is 3.05. The number of para-hydroxylation sites is 1. The van der Waals surface area contributed by atoms with E-state index in [1.54, 1.807) is 0 Å². The summed E-state index contributed by atoms with van der Waals surface area (Å²) in [5.41, 5.74) is 6.79. The fraction of sp³-hybridized carbons (Fsp3) is 0.500. The Morgan fingerprint density at radius 1 is 1.42 bits per heavy atom. The highest BCUT2D eigenvalue weighted by Gasteiger charge is 2.28. The summed E-state index contributed by atoms with van der Waals surface area (Å²) in [7, 11) is 0. The first-order valence-corrected chi connectivity index (χ1v) is 6.65. The van der Waals surface area contributed by atoms with Gasteiger partial charge in [-0.2, -0.15) is 0 Å². The van der Waals surface area contributed by atoms with Crippen molar-refractivity contribution >= 4 is 5.84 Å². The second kappa shape index (κ2) is 5.19. The smallest absolute Gasteiger partial charge is 0.127 e. The molecule has 2 heterocycles. The third-order valence-electron chi connectivity index (χ3n) is 3.67. The standard InChI is InChI=1S/C14H19N3O2/c15-14(16)13-9-17(5-6-18-13)8-11-7-10-3-1-2-4-12(10)19-11/h1-4,11,13H,5-9H2,(H3,15,16). The van der Waals surface area contributed by atoms with Gasteiger partial charge in [0.05, 0.1) is 6.61 Å². The van der Waals surface area contributed by atoms with Crippen LogP contribution in [0.1, 0.15) is 5.56 Å². The Bertz CT molecular complexity index is 453. The molecule has 0 aromatic heterocycles. The van der Waals surface area contributed by atoms with E-state index in [1.165, 1.54) is 5.56 Å². The van der Waals surface area contributed by atoms with Crippen molar-refractivity contribution in [2.45, 2.75) is 18.6 Å². The summed E-state index contributed by atoms with van der Waals surface area (Å²) in [6.07, 6.45) is 0.888. The quantitative estimate of drug-likeness (QED) is 0.618. The molecule has 0 saturated carbocycles. The molecule has 102 valence electrons. The number of benzene rings is 1. The number of amidine groups is 1. The molecule has 3 rings (SSSR count). The molecule has 0 spiro atoms. The number of nitrogens with one attached hydrogen (secondary N) is 1. The van der Waals surface area contributed by atoms with E-state index in [1.807, 2.05) is 18.2 Å². The van der Waals surface area contributed by atoms with Crippen molar-refractivity contribution in [3.8, 4) is 5.75 Å². The molecule has 19 heavy (non-hydrogen) atoms. The number of hydrogen-bond acceptors (Lipinski definition) is 4. The van der Waals surface area contributed by atoms with E-state index < -0.39 is 0 Å². The van der Waals surface area contributed by atoms with Crippen LogP contribution < -0.4 is 10.5 Å². The zero-order valence-electron chi connectivity index (χ0n) is 10.8. The van der Waals surface area contributed by atoms with Gasteiger partial charge in [0.15, 0.2) is 0 Å². The molecule has 2 atom stereocenters. The van der Waals surface area contributed by atoms with Gasteiger partial charge in [0, 0.05) is 26.1 Å². The first-order chi connectivity index (χ1) is 9.22. The summed E-state index contributed by atoms with van der Waals surface area (Å²) in [5.74, 6) is 1.12. The molecule has 1 fully saturated rings. The molecular weight excluding hydrogens is 242 g/mol. The van der Waals surface area contributed by atoms with Gasteiger partial charge in [-0.15, -0.1) is 0 Å². The molecule has 2 aliphatic rings. The molecule has 0 aliphatic carbocycles. The first-order valence-electron chi connectivity index (χ1n) is 6.65. The molecule has 5 heteroatoms. The average Bonchev–Trinajstić information content (AvgIpc) is 2.81. The lowest BCUT2D eigenvalue weighted by molar-refractivity contribution is -0.00591. The Hall–Kier alpha value is -1.59. The molecule has 0 amide bonds. The number of hydrogen-bond donors (Lipinski definition) is 2. The van der Waals surface area contributed by atoms with Crippen molar-refractivity contribution in [1.29, 1.82) is 5.41 Å². The van der Waals surface area contributed by atoms with Crippen LogP contribution in [0.25, 0.3) is 0 Å². The lowest BCUT2D eigenvalue weighted by Crippen LogP contribution is -2.50. The maximum atomic E-state index is 7.46. The van der Waals surface area contributed by atoms with Crippen LogP contribution >= 0.6 is 0 Å². The predicted molar refractivity (Wildman–Crippen MR) is 72.7 cm³/mol. The molecule has 5 nitrogen and oxygen atoms in total. The summed E-state index contributed by atoms with van der Waals surface area (Å²) >= 11 is 0. The number of nitrogens with two attached hydrogens (primary N) is 1. The number of fused-ring (bicyclic) bond motifs is 1. The van der Waals surface area contributed by atoms with Crippen LogP contribution in [-0.2, 0) is 11.2 Å². The van der Waals surface area contributed by atoms with E-state index in [4.69, 9.17) is 20.6 Å². The Kier molecular flexibility index (Phi) is 3.40. The summed E-state index contributed by atoms with van der Waals surface area (Å²) in [5, 5.41) is 7.46. The zero-order chi connectivity index (χ0) is 13.2. The van der Waals surface area contributed by atoms with Gasteiger partial charge in [0.1, 0.15) is 23.8 Å². The second-order valence-electron chi connectivity index (χ2n) is 5.13. The fourth-order valence-corrected chi connectivity index (χ4v) is 2.70. The predicted octanol–water partition coefficient (Wildman–Crippen LogP) is 0.627. The Morgan fingerprint density at radius 3 is 3.05 bits per heavy atom. The van der Waals surface area contributed by atoms with E-state index in [9.17, 15) is 0 Å². The first kappa shape index (κ1) is 12.4. The van der Waals surface area contributed by atoms with Gasteiger partial charge in [-0.25, -0.2) is 0 Å². The largest absolute Gasteiger partial charge is 0.488 e. The molecule has 1 aromatic rings. The van der Waals surface area contributed by atoms with E-state index in [2.05, 4.69) is 11.0 Å². The Balaban J connectivity index is 1.57. The summed E-state index contributed by atoms with van der Waals surface area (Å²) in [4.78, 5) is 2.27. The van der Waals surface area contributed by atoms with Crippen LogP contribution in [0.15, 0.2) is 24.3 Å². The van der Waals surface area contributed by atoms with Crippen molar-refractivity contribution in [2.75, 3.05) is 26.2 Å². The molecule has 3 N–H and O–H groups in total. The fourth-order valence-electron chi connectivity index (χ4n) is 2.70.